The van der Waals surface area contributed by atoms with Crippen molar-refractivity contribution in [1.82, 2.24) is 4.90 Å². The van der Waals surface area contributed by atoms with Crippen molar-refractivity contribution in [3.05, 3.63) is 29.8 Å². The third-order valence-corrected chi connectivity index (χ3v) is 3.05. The van der Waals surface area contributed by atoms with Gasteiger partial charge in [-0.05, 0) is 23.6 Å². The minimum atomic E-state index is -4.76. The van der Waals surface area contributed by atoms with Crippen molar-refractivity contribution in [3.63, 3.8) is 0 Å². The number of ether oxygens (including phenoxy) is 1. The summed E-state index contributed by atoms with van der Waals surface area (Å²) in [4.78, 5) is 24.4. The van der Waals surface area contributed by atoms with Crippen molar-refractivity contribution in [1.29, 1.82) is 0 Å². The molecule has 0 atom stereocenters. The number of hydrogen-bond acceptors (Lipinski definition) is 3. The van der Waals surface area contributed by atoms with Gasteiger partial charge in [0, 0.05) is 13.1 Å². The summed E-state index contributed by atoms with van der Waals surface area (Å²) in [6, 6.07) is 5.04. The van der Waals surface area contributed by atoms with Crippen LogP contribution in [0.3, 0.4) is 0 Å². The number of aliphatic carboxylic acids is 1. The number of carboxylic acids is 1. The van der Waals surface area contributed by atoms with E-state index < -0.39 is 12.3 Å². The zero-order chi connectivity index (χ0) is 18.3. The Morgan fingerprint density at radius 3 is 2.25 bits per heavy atom. The molecule has 8 heteroatoms. The number of halogens is 3. The SMILES string of the molecule is CC(C)CN(CCC(=O)O)C(=O)Cc1ccc(OC(F)(F)F)cc1. The number of nitrogens with zero attached hydrogens (tertiary/aromatic N) is 1. The first-order valence-corrected chi connectivity index (χ1v) is 7.41. The van der Waals surface area contributed by atoms with Gasteiger partial charge in [-0.15, -0.1) is 13.2 Å². The lowest BCUT2D eigenvalue weighted by Crippen LogP contribution is -2.37. The van der Waals surface area contributed by atoms with Gasteiger partial charge in [-0.25, -0.2) is 0 Å². The van der Waals surface area contributed by atoms with E-state index in [0.29, 0.717) is 12.1 Å². The molecule has 1 amide bonds. The molecule has 0 fully saturated rings. The lowest BCUT2D eigenvalue weighted by atomic mass is 10.1. The molecule has 1 aromatic carbocycles. The largest absolute Gasteiger partial charge is 0.573 e. The highest BCUT2D eigenvalue weighted by molar-refractivity contribution is 5.79. The zero-order valence-electron chi connectivity index (χ0n) is 13.5. The molecule has 1 rings (SSSR count). The Balaban J connectivity index is 2.70. The minimum absolute atomic E-state index is 0.0152. The van der Waals surface area contributed by atoms with Crippen LogP contribution in [-0.4, -0.2) is 41.3 Å². The maximum absolute atomic E-state index is 12.3. The molecule has 0 saturated heterocycles. The normalized spacial score (nSPS) is 11.4. The monoisotopic (exact) mass is 347 g/mol. The average Bonchev–Trinajstić information content (AvgIpc) is 2.43. The minimum Gasteiger partial charge on any atom is -0.481 e. The molecular weight excluding hydrogens is 327 g/mol. The van der Waals surface area contributed by atoms with Gasteiger partial charge in [0.1, 0.15) is 5.75 Å². The van der Waals surface area contributed by atoms with Crippen LogP contribution in [0.25, 0.3) is 0 Å². The number of benzene rings is 1. The van der Waals surface area contributed by atoms with E-state index in [-0.39, 0.29) is 37.0 Å². The molecule has 1 N–H and O–H groups in total. The van der Waals surface area contributed by atoms with Crippen LogP contribution in [0.1, 0.15) is 25.8 Å². The summed E-state index contributed by atoms with van der Waals surface area (Å²) in [5.41, 5.74) is 0.526. The summed E-state index contributed by atoms with van der Waals surface area (Å²) in [6.45, 7) is 4.33. The maximum atomic E-state index is 12.3. The van der Waals surface area contributed by atoms with E-state index in [1.54, 1.807) is 0 Å². The van der Waals surface area contributed by atoms with Crippen LogP contribution >= 0.6 is 0 Å². The number of carbonyl (C=O) groups is 2. The van der Waals surface area contributed by atoms with Crippen LogP contribution in [0, 0.1) is 5.92 Å². The third-order valence-electron chi connectivity index (χ3n) is 3.05. The zero-order valence-corrected chi connectivity index (χ0v) is 13.5. The lowest BCUT2D eigenvalue weighted by molar-refractivity contribution is -0.274. The molecule has 0 aliphatic heterocycles. The Hall–Kier alpha value is -2.25. The Bertz CT molecular complexity index is 555. The Morgan fingerprint density at radius 2 is 1.79 bits per heavy atom. The van der Waals surface area contributed by atoms with Crippen LogP contribution in [0.4, 0.5) is 13.2 Å². The third kappa shape index (κ3) is 7.85. The molecule has 0 spiro atoms. The molecule has 0 unspecified atom stereocenters. The second-order valence-corrected chi connectivity index (χ2v) is 5.75. The lowest BCUT2D eigenvalue weighted by Gasteiger charge is -2.24. The van der Waals surface area contributed by atoms with Crippen molar-refractivity contribution >= 4 is 11.9 Å². The highest BCUT2D eigenvalue weighted by Gasteiger charge is 2.31. The van der Waals surface area contributed by atoms with Gasteiger partial charge in [0.2, 0.25) is 5.91 Å². The fourth-order valence-electron chi connectivity index (χ4n) is 2.08. The fourth-order valence-corrected chi connectivity index (χ4v) is 2.08. The van der Waals surface area contributed by atoms with Gasteiger partial charge in [0.15, 0.2) is 0 Å². The predicted octanol–water partition coefficient (Wildman–Crippen LogP) is 3.09. The van der Waals surface area contributed by atoms with Gasteiger partial charge in [-0.1, -0.05) is 26.0 Å². The highest BCUT2D eigenvalue weighted by Crippen LogP contribution is 2.23. The molecule has 0 bridgehead atoms. The molecule has 0 aliphatic carbocycles. The Morgan fingerprint density at radius 1 is 1.21 bits per heavy atom. The van der Waals surface area contributed by atoms with Crippen LogP contribution in [0.15, 0.2) is 24.3 Å². The van der Waals surface area contributed by atoms with E-state index in [1.165, 1.54) is 17.0 Å². The second-order valence-electron chi connectivity index (χ2n) is 5.75. The van der Waals surface area contributed by atoms with Crippen molar-refractivity contribution in [2.75, 3.05) is 13.1 Å². The number of carboxylic acid groups (broad SMARTS) is 1. The molecule has 134 valence electrons. The van der Waals surface area contributed by atoms with Gasteiger partial charge >= 0.3 is 12.3 Å². The predicted molar refractivity (Wildman–Crippen MR) is 80.5 cm³/mol. The number of hydrogen-bond donors (Lipinski definition) is 1. The number of carbonyl (C=O) groups excluding carboxylic acids is 1. The quantitative estimate of drug-likeness (QED) is 0.785. The number of amides is 1. The van der Waals surface area contributed by atoms with E-state index in [1.807, 2.05) is 13.8 Å². The number of rotatable bonds is 8. The summed E-state index contributed by atoms with van der Waals surface area (Å²) < 4.78 is 40.1. The molecule has 24 heavy (non-hydrogen) atoms. The van der Waals surface area contributed by atoms with E-state index in [4.69, 9.17) is 5.11 Å². The second kappa shape index (κ2) is 8.56. The van der Waals surface area contributed by atoms with Crippen LogP contribution in [0.2, 0.25) is 0 Å². The molecule has 0 saturated carbocycles. The fraction of sp³-hybridized carbons (Fsp3) is 0.500. The van der Waals surface area contributed by atoms with Gasteiger partial charge in [-0.3, -0.25) is 9.59 Å². The molecule has 0 heterocycles. The van der Waals surface area contributed by atoms with Crippen LogP contribution in [0.5, 0.6) is 5.75 Å². The Kier molecular flexibility index (Phi) is 7.06. The molecule has 1 aromatic rings. The summed E-state index contributed by atoms with van der Waals surface area (Å²) in [6.07, 6.45) is -4.93. The van der Waals surface area contributed by atoms with Crippen molar-refractivity contribution < 1.29 is 32.6 Å². The summed E-state index contributed by atoms with van der Waals surface area (Å²) in [5, 5.41) is 8.75. The summed E-state index contributed by atoms with van der Waals surface area (Å²) in [7, 11) is 0. The van der Waals surface area contributed by atoms with E-state index in [0.717, 1.165) is 12.1 Å². The summed E-state index contributed by atoms with van der Waals surface area (Å²) in [5.74, 6) is -1.45. The maximum Gasteiger partial charge on any atom is 0.573 e. The van der Waals surface area contributed by atoms with Gasteiger partial charge in [0.05, 0.1) is 12.8 Å². The molecular formula is C16H20F3NO4. The molecule has 0 aliphatic rings. The van der Waals surface area contributed by atoms with Crippen LogP contribution < -0.4 is 4.74 Å². The highest BCUT2D eigenvalue weighted by atomic mass is 19.4. The first-order valence-electron chi connectivity index (χ1n) is 7.41. The molecule has 0 aromatic heterocycles. The van der Waals surface area contributed by atoms with Gasteiger partial charge < -0.3 is 14.7 Å². The van der Waals surface area contributed by atoms with E-state index >= 15 is 0 Å². The summed E-state index contributed by atoms with van der Waals surface area (Å²) >= 11 is 0. The molecule has 0 radical (unpaired) electrons. The Labute approximate surface area is 138 Å². The van der Waals surface area contributed by atoms with E-state index in [9.17, 15) is 22.8 Å². The topological polar surface area (TPSA) is 66.8 Å². The van der Waals surface area contributed by atoms with Gasteiger partial charge in [0.25, 0.3) is 0 Å². The first kappa shape index (κ1) is 19.8. The van der Waals surface area contributed by atoms with E-state index in [2.05, 4.69) is 4.74 Å². The number of alkyl halides is 3. The van der Waals surface area contributed by atoms with Crippen molar-refractivity contribution in [2.24, 2.45) is 5.92 Å². The van der Waals surface area contributed by atoms with Crippen LogP contribution in [-0.2, 0) is 16.0 Å². The van der Waals surface area contributed by atoms with Gasteiger partial charge in [-0.2, -0.15) is 0 Å². The van der Waals surface area contributed by atoms with Crippen molar-refractivity contribution in [2.45, 2.75) is 33.1 Å². The standard InChI is InChI=1S/C16H20F3NO4/c1-11(2)10-20(8-7-15(22)23)14(21)9-12-3-5-13(6-4-12)24-16(17,18)19/h3-6,11H,7-10H2,1-2H3,(H,22,23). The van der Waals surface area contributed by atoms with Crippen molar-refractivity contribution in [3.8, 4) is 5.75 Å². The average molecular weight is 347 g/mol. The smallest absolute Gasteiger partial charge is 0.481 e. The first-order chi connectivity index (χ1) is 11.1. The molecule has 5 nitrogen and oxygen atoms in total.